The maximum atomic E-state index is 11.7. The Morgan fingerprint density at radius 2 is 2.28 bits per heavy atom. The zero-order valence-electron chi connectivity index (χ0n) is 9.78. The van der Waals surface area contributed by atoms with Crippen molar-refractivity contribution in [3.8, 4) is 0 Å². The molecule has 2 amide bonds. The van der Waals surface area contributed by atoms with Gasteiger partial charge in [0.2, 0.25) is 11.8 Å². The van der Waals surface area contributed by atoms with E-state index in [9.17, 15) is 9.59 Å². The number of nitrogens with two attached hydrogens (primary N) is 1. The minimum absolute atomic E-state index is 0.0285. The summed E-state index contributed by atoms with van der Waals surface area (Å²) < 4.78 is 0. The van der Waals surface area contributed by atoms with Crippen LogP contribution in [0.5, 0.6) is 0 Å². The fourth-order valence-electron chi connectivity index (χ4n) is 1.87. The number of likely N-dealkylation sites (tertiary alicyclic amines) is 1. The molecule has 0 saturated carbocycles. The van der Waals surface area contributed by atoms with Crippen LogP contribution in [0.3, 0.4) is 0 Å². The van der Waals surface area contributed by atoms with Gasteiger partial charge in [0.15, 0.2) is 0 Å². The van der Waals surface area contributed by atoms with Crippen LogP contribution in [0, 0.1) is 0 Å². The molecule has 0 radical (unpaired) electrons. The first-order chi connectivity index (χ1) is 8.56. The van der Waals surface area contributed by atoms with Crippen molar-refractivity contribution in [1.82, 2.24) is 4.90 Å². The van der Waals surface area contributed by atoms with Gasteiger partial charge >= 0.3 is 0 Å². The minimum atomic E-state index is -0.230. The Balaban J connectivity index is 1.94. The number of nitrogen functional groups attached to an aromatic ring is 1. The molecule has 5 nitrogen and oxygen atoms in total. The van der Waals surface area contributed by atoms with Gasteiger partial charge in [-0.15, -0.1) is 0 Å². The van der Waals surface area contributed by atoms with E-state index in [1.807, 2.05) is 0 Å². The summed E-state index contributed by atoms with van der Waals surface area (Å²) in [7, 11) is 0. The molecule has 18 heavy (non-hydrogen) atoms. The zero-order chi connectivity index (χ0) is 13.1. The van der Waals surface area contributed by atoms with Gasteiger partial charge in [-0.3, -0.25) is 9.59 Å². The lowest BCUT2D eigenvalue weighted by atomic mass is 10.3. The van der Waals surface area contributed by atoms with Crippen molar-refractivity contribution in [1.29, 1.82) is 0 Å². The summed E-state index contributed by atoms with van der Waals surface area (Å²) in [5, 5.41) is 3.13. The summed E-state index contributed by atoms with van der Waals surface area (Å²) in [6.07, 6.45) is 1.35. The monoisotopic (exact) mass is 267 g/mol. The summed E-state index contributed by atoms with van der Waals surface area (Å²) in [5.41, 5.74) is 6.62. The van der Waals surface area contributed by atoms with E-state index in [1.165, 1.54) is 0 Å². The summed E-state index contributed by atoms with van der Waals surface area (Å²) in [4.78, 5) is 24.7. The molecule has 1 aliphatic rings. The van der Waals surface area contributed by atoms with E-state index in [4.69, 9.17) is 17.3 Å². The number of halogens is 1. The van der Waals surface area contributed by atoms with E-state index in [-0.39, 0.29) is 18.4 Å². The average Bonchev–Trinajstić information content (AvgIpc) is 2.70. The minimum Gasteiger partial charge on any atom is -0.397 e. The molecule has 0 aromatic heterocycles. The van der Waals surface area contributed by atoms with Crippen molar-refractivity contribution in [2.75, 3.05) is 24.1 Å². The first-order valence-electron chi connectivity index (χ1n) is 5.69. The quantitative estimate of drug-likeness (QED) is 0.815. The number of nitrogens with zero attached hydrogens (tertiary/aromatic N) is 1. The molecule has 0 unspecified atom stereocenters. The van der Waals surface area contributed by atoms with Gasteiger partial charge in [0.1, 0.15) is 0 Å². The molecular weight excluding hydrogens is 254 g/mol. The SMILES string of the molecule is Nc1cc(NC(=O)CN2CCCC2=O)ccc1Cl. The Morgan fingerprint density at radius 1 is 1.50 bits per heavy atom. The molecule has 0 aliphatic carbocycles. The van der Waals surface area contributed by atoms with Crippen molar-refractivity contribution in [3.63, 3.8) is 0 Å². The highest BCUT2D eigenvalue weighted by molar-refractivity contribution is 6.33. The standard InChI is InChI=1S/C12H14ClN3O2/c13-9-4-3-8(6-10(9)14)15-11(17)7-16-5-1-2-12(16)18/h3-4,6H,1-2,5,7,14H2,(H,15,17). The Kier molecular flexibility index (Phi) is 3.72. The van der Waals surface area contributed by atoms with Gasteiger partial charge < -0.3 is 16.0 Å². The van der Waals surface area contributed by atoms with Crippen LogP contribution in [-0.4, -0.2) is 29.8 Å². The maximum Gasteiger partial charge on any atom is 0.243 e. The van der Waals surface area contributed by atoms with Crippen molar-refractivity contribution in [3.05, 3.63) is 23.2 Å². The highest BCUT2D eigenvalue weighted by atomic mass is 35.5. The smallest absolute Gasteiger partial charge is 0.243 e. The fourth-order valence-corrected chi connectivity index (χ4v) is 1.98. The highest BCUT2D eigenvalue weighted by Crippen LogP contribution is 2.22. The van der Waals surface area contributed by atoms with E-state index >= 15 is 0 Å². The molecule has 0 atom stereocenters. The van der Waals surface area contributed by atoms with Crippen LogP contribution in [0.25, 0.3) is 0 Å². The molecular formula is C12H14ClN3O2. The number of anilines is 2. The van der Waals surface area contributed by atoms with Gasteiger partial charge in [0, 0.05) is 18.7 Å². The third-order valence-electron chi connectivity index (χ3n) is 2.79. The summed E-state index contributed by atoms with van der Waals surface area (Å²) in [6, 6.07) is 4.88. The zero-order valence-corrected chi connectivity index (χ0v) is 10.5. The van der Waals surface area contributed by atoms with Crippen LogP contribution in [-0.2, 0) is 9.59 Å². The van der Waals surface area contributed by atoms with Gasteiger partial charge in [-0.2, -0.15) is 0 Å². The van der Waals surface area contributed by atoms with Crippen molar-refractivity contribution < 1.29 is 9.59 Å². The van der Waals surface area contributed by atoms with Gasteiger partial charge in [0.05, 0.1) is 17.3 Å². The Hall–Kier alpha value is -1.75. The molecule has 96 valence electrons. The molecule has 0 bridgehead atoms. The largest absolute Gasteiger partial charge is 0.397 e. The first kappa shape index (κ1) is 12.7. The third-order valence-corrected chi connectivity index (χ3v) is 3.13. The van der Waals surface area contributed by atoms with E-state index < -0.39 is 0 Å². The van der Waals surface area contributed by atoms with Crippen molar-refractivity contribution >= 4 is 34.8 Å². The fraction of sp³-hybridized carbons (Fsp3) is 0.333. The van der Waals surface area contributed by atoms with E-state index in [0.29, 0.717) is 29.4 Å². The molecule has 3 N–H and O–H groups in total. The van der Waals surface area contributed by atoms with Gasteiger partial charge in [-0.1, -0.05) is 11.6 Å². The number of nitrogens with one attached hydrogen (secondary N) is 1. The predicted octanol–water partition coefficient (Wildman–Crippen LogP) is 1.48. The summed E-state index contributed by atoms with van der Waals surface area (Å²) >= 11 is 5.78. The number of rotatable bonds is 3. The molecule has 1 saturated heterocycles. The Labute approximate surface area is 110 Å². The van der Waals surface area contributed by atoms with Crippen LogP contribution in [0.2, 0.25) is 5.02 Å². The molecule has 1 aromatic carbocycles. The molecule has 1 heterocycles. The topological polar surface area (TPSA) is 75.4 Å². The molecule has 6 heteroatoms. The summed E-state index contributed by atoms with van der Waals surface area (Å²) in [5.74, 6) is -0.201. The number of amides is 2. The second-order valence-corrected chi connectivity index (χ2v) is 4.61. The third kappa shape index (κ3) is 2.92. The first-order valence-corrected chi connectivity index (χ1v) is 6.07. The van der Waals surface area contributed by atoms with E-state index in [2.05, 4.69) is 5.32 Å². The van der Waals surface area contributed by atoms with E-state index in [1.54, 1.807) is 23.1 Å². The molecule has 2 rings (SSSR count). The van der Waals surface area contributed by atoms with Gasteiger partial charge in [0.25, 0.3) is 0 Å². The lowest BCUT2D eigenvalue weighted by molar-refractivity contribution is -0.131. The van der Waals surface area contributed by atoms with Gasteiger partial charge in [-0.05, 0) is 24.6 Å². The molecule has 1 aliphatic heterocycles. The molecule has 0 spiro atoms. The number of benzene rings is 1. The van der Waals surface area contributed by atoms with Crippen LogP contribution in [0.4, 0.5) is 11.4 Å². The van der Waals surface area contributed by atoms with Crippen molar-refractivity contribution in [2.45, 2.75) is 12.8 Å². The van der Waals surface area contributed by atoms with Crippen LogP contribution >= 0.6 is 11.6 Å². The van der Waals surface area contributed by atoms with Crippen molar-refractivity contribution in [2.24, 2.45) is 0 Å². The predicted molar refractivity (Wildman–Crippen MR) is 70.3 cm³/mol. The normalized spacial score (nSPS) is 14.9. The number of hydrogen-bond acceptors (Lipinski definition) is 3. The lowest BCUT2D eigenvalue weighted by Crippen LogP contribution is -2.33. The Morgan fingerprint density at radius 3 is 2.89 bits per heavy atom. The lowest BCUT2D eigenvalue weighted by Gasteiger charge is -2.15. The summed E-state index contributed by atoms with van der Waals surface area (Å²) in [6.45, 7) is 0.733. The number of carbonyl (C=O) groups excluding carboxylic acids is 2. The average molecular weight is 268 g/mol. The molecule has 1 aromatic rings. The van der Waals surface area contributed by atoms with Gasteiger partial charge in [-0.25, -0.2) is 0 Å². The van der Waals surface area contributed by atoms with E-state index in [0.717, 1.165) is 6.42 Å². The Bertz CT molecular complexity index is 490. The molecule has 1 fully saturated rings. The van der Waals surface area contributed by atoms with Crippen LogP contribution < -0.4 is 11.1 Å². The van der Waals surface area contributed by atoms with Crippen LogP contribution in [0.1, 0.15) is 12.8 Å². The second kappa shape index (κ2) is 5.27. The highest BCUT2D eigenvalue weighted by Gasteiger charge is 2.22. The van der Waals surface area contributed by atoms with Crippen LogP contribution in [0.15, 0.2) is 18.2 Å². The number of hydrogen-bond donors (Lipinski definition) is 2. The number of carbonyl (C=O) groups is 2. The maximum absolute atomic E-state index is 11.7. The second-order valence-electron chi connectivity index (χ2n) is 4.20.